The lowest BCUT2D eigenvalue weighted by atomic mass is 10.0. The lowest BCUT2D eigenvalue weighted by molar-refractivity contribution is 1.10. The molecule has 0 aliphatic rings. The molecule has 0 aliphatic heterocycles. The van der Waals surface area contributed by atoms with Gasteiger partial charge < -0.3 is 9.80 Å². The zero-order valence-electron chi connectivity index (χ0n) is 33.6. The Kier molecular flexibility index (Phi) is 11.8. The fourth-order valence-corrected chi connectivity index (χ4v) is 7.51. The summed E-state index contributed by atoms with van der Waals surface area (Å²) in [5.41, 5.74) is 19.6. The van der Waals surface area contributed by atoms with E-state index in [9.17, 15) is 0 Å². The zero-order valence-corrected chi connectivity index (χ0v) is 33.6. The SMILES string of the molecule is CCc1cccc(C)c1N(c1ccc(C)cc1)c1ccc(C=Cc2ccccc2C=Cc2ccc(N(c3ccc(C)cc3)c3c(C)cccc3CC)cc2)cc1. The van der Waals surface area contributed by atoms with E-state index in [0.29, 0.717) is 0 Å². The molecule has 0 fully saturated rings. The normalized spacial score (nSPS) is 11.4. The monoisotopic (exact) mass is 728 g/mol. The van der Waals surface area contributed by atoms with Crippen LogP contribution in [-0.2, 0) is 12.8 Å². The second kappa shape index (κ2) is 17.4. The van der Waals surface area contributed by atoms with E-state index in [1.165, 1.54) is 67.3 Å². The van der Waals surface area contributed by atoms with Crippen molar-refractivity contribution in [3.8, 4) is 0 Å². The fraction of sp³-hybridized carbons (Fsp3) is 0.148. The summed E-state index contributed by atoms with van der Waals surface area (Å²) in [5.74, 6) is 0. The lowest BCUT2D eigenvalue weighted by Crippen LogP contribution is -2.13. The molecule has 0 heterocycles. The van der Waals surface area contributed by atoms with Crippen LogP contribution in [-0.4, -0.2) is 0 Å². The van der Waals surface area contributed by atoms with Gasteiger partial charge in [-0.1, -0.05) is 158 Å². The molecule has 0 aliphatic carbocycles. The number of nitrogens with zero attached hydrogens (tertiary/aromatic N) is 2. The highest BCUT2D eigenvalue weighted by molar-refractivity contribution is 5.84. The Morgan fingerprint density at radius 2 is 0.696 bits per heavy atom. The van der Waals surface area contributed by atoms with Crippen LogP contribution in [0.15, 0.2) is 158 Å². The summed E-state index contributed by atoms with van der Waals surface area (Å²) in [7, 11) is 0. The maximum atomic E-state index is 2.40. The molecule has 0 amide bonds. The summed E-state index contributed by atoms with van der Waals surface area (Å²) in [6, 6.07) is 57.3. The molecule has 56 heavy (non-hydrogen) atoms. The minimum atomic E-state index is 0.972. The maximum Gasteiger partial charge on any atom is 0.0522 e. The molecule has 0 saturated heterocycles. The van der Waals surface area contributed by atoms with Gasteiger partial charge in [0.05, 0.1) is 11.4 Å². The molecular weight excluding hydrogens is 677 g/mol. The number of hydrogen-bond donors (Lipinski definition) is 0. The Morgan fingerprint density at radius 1 is 0.357 bits per heavy atom. The Bertz CT molecular complexity index is 2270. The van der Waals surface area contributed by atoms with E-state index >= 15 is 0 Å². The van der Waals surface area contributed by atoms with Crippen LogP contribution in [0.1, 0.15) is 69.5 Å². The number of benzene rings is 7. The van der Waals surface area contributed by atoms with Crippen LogP contribution >= 0.6 is 0 Å². The van der Waals surface area contributed by atoms with Crippen molar-refractivity contribution < 1.29 is 0 Å². The second-order valence-corrected chi connectivity index (χ2v) is 14.7. The standard InChI is InChI=1S/C54H52N2/c1-7-45-17-11-13-41(5)53(45)55(49-31-19-39(3)20-32-49)51-35-25-43(26-36-51)23-29-47-15-9-10-16-48(47)30-24-44-27-37-52(38-28-44)56(50-33-21-40(4)22-34-50)54-42(6)14-12-18-46(54)8-2/h9-38H,7-8H2,1-6H3. The van der Waals surface area contributed by atoms with Crippen LogP contribution in [0.4, 0.5) is 34.1 Å². The van der Waals surface area contributed by atoms with Crippen LogP contribution in [0.2, 0.25) is 0 Å². The Labute approximate surface area is 334 Å². The van der Waals surface area contributed by atoms with E-state index in [1.807, 2.05) is 0 Å². The molecule has 0 bridgehead atoms. The van der Waals surface area contributed by atoms with Crippen LogP contribution < -0.4 is 9.80 Å². The molecule has 2 heteroatoms. The largest absolute Gasteiger partial charge is 0.310 e. The van der Waals surface area contributed by atoms with Crippen molar-refractivity contribution in [1.82, 2.24) is 0 Å². The number of para-hydroxylation sites is 2. The topological polar surface area (TPSA) is 6.48 Å². The summed E-state index contributed by atoms with van der Waals surface area (Å²) >= 11 is 0. The number of aryl methyl sites for hydroxylation is 6. The minimum absolute atomic E-state index is 0.972. The number of rotatable bonds is 12. The fourth-order valence-electron chi connectivity index (χ4n) is 7.51. The molecular formula is C54H52N2. The van der Waals surface area contributed by atoms with Crippen molar-refractivity contribution in [1.29, 1.82) is 0 Å². The van der Waals surface area contributed by atoms with Gasteiger partial charge in [-0.3, -0.25) is 0 Å². The minimum Gasteiger partial charge on any atom is -0.310 e. The average molecular weight is 729 g/mol. The third kappa shape index (κ3) is 8.46. The predicted octanol–water partition coefficient (Wildman–Crippen LogP) is 15.3. The van der Waals surface area contributed by atoms with Gasteiger partial charge >= 0.3 is 0 Å². The molecule has 0 N–H and O–H groups in total. The van der Waals surface area contributed by atoms with Crippen molar-refractivity contribution in [2.24, 2.45) is 0 Å². The molecule has 7 rings (SSSR count). The van der Waals surface area contributed by atoms with Gasteiger partial charge in [-0.25, -0.2) is 0 Å². The summed E-state index contributed by atoms with van der Waals surface area (Å²) in [6.07, 6.45) is 10.8. The molecule has 7 aromatic carbocycles. The molecule has 0 spiro atoms. The van der Waals surface area contributed by atoms with Crippen LogP contribution in [0.25, 0.3) is 24.3 Å². The highest BCUT2D eigenvalue weighted by Gasteiger charge is 2.19. The molecule has 7 aromatic rings. The first-order valence-corrected chi connectivity index (χ1v) is 19.9. The summed E-state index contributed by atoms with van der Waals surface area (Å²) in [6.45, 7) is 13.2. The van der Waals surface area contributed by atoms with Gasteiger partial charge in [0, 0.05) is 22.7 Å². The van der Waals surface area contributed by atoms with Crippen molar-refractivity contribution in [2.75, 3.05) is 9.80 Å². The third-order valence-electron chi connectivity index (χ3n) is 10.6. The van der Waals surface area contributed by atoms with Crippen LogP contribution in [0.3, 0.4) is 0 Å². The van der Waals surface area contributed by atoms with Gasteiger partial charge in [0.2, 0.25) is 0 Å². The molecule has 278 valence electrons. The Hall–Kier alpha value is -6.38. The van der Waals surface area contributed by atoms with E-state index in [-0.39, 0.29) is 0 Å². The molecule has 0 radical (unpaired) electrons. The quantitative estimate of drug-likeness (QED) is 0.116. The van der Waals surface area contributed by atoms with Crippen molar-refractivity contribution in [3.05, 3.63) is 213 Å². The van der Waals surface area contributed by atoms with Crippen LogP contribution in [0, 0.1) is 27.7 Å². The molecule has 0 atom stereocenters. The van der Waals surface area contributed by atoms with Gasteiger partial charge in [0.15, 0.2) is 0 Å². The third-order valence-corrected chi connectivity index (χ3v) is 10.6. The number of hydrogen-bond acceptors (Lipinski definition) is 2. The summed E-state index contributed by atoms with van der Waals surface area (Å²) in [4.78, 5) is 4.80. The molecule has 0 aromatic heterocycles. The van der Waals surface area contributed by atoms with Gasteiger partial charge in [0.1, 0.15) is 0 Å². The predicted molar refractivity (Wildman–Crippen MR) is 244 cm³/mol. The maximum absolute atomic E-state index is 2.40. The molecule has 0 unspecified atom stereocenters. The first-order valence-electron chi connectivity index (χ1n) is 19.9. The summed E-state index contributed by atoms with van der Waals surface area (Å²) < 4.78 is 0. The first-order chi connectivity index (χ1) is 27.3. The van der Waals surface area contributed by atoms with Gasteiger partial charge in [-0.15, -0.1) is 0 Å². The summed E-state index contributed by atoms with van der Waals surface area (Å²) in [5, 5.41) is 0. The van der Waals surface area contributed by atoms with Crippen LogP contribution in [0.5, 0.6) is 0 Å². The average Bonchev–Trinajstić information content (AvgIpc) is 3.23. The highest BCUT2D eigenvalue weighted by Crippen LogP contribution is 2.41. The van der Waals surface area contributed by atoms with E-state index < -0.39 is 0 Å². The van der Waals surface area contributed by atoms with E-state index in [2.05, 4.69) is 233 Å². The van der Waals surface area contributed by atoms with Crippen molar-refractivity contribution in [2.45, 2.75) is 54.4 Å². The van der Waals surface area contributed by atoms with E-state index in [0.717, 1.165) is 35.3 Å². The molecule has 0 saturated carbocycles. The first kappa shape index (κ1) is 37.9. The van der Waals surface area contributed by atoms with Crippen molar-refractivity contribution in [3.63, 3.8) is 0 Å². The second-order valence-electron chi connectivity index (χ2n) is 14.7. The zero-order chi connectivity index (χ0) is 39.0. The van der Waals surface area contributed by atoms with E-state index in [4.69, 9.17) is 0 Å². The van der Waals surface area contributed by atoms with E-state index in [1.54, 1.807) is 0 Å². The smallest absolute Gasteiger partial charge is 0.0522 e. The Balaban J connectivity index is 1.13. The Morgan fingerprint density at radius 3 is 1.04 bits per heavy atom. The number of anilines is 6. The lowest BCUT2D eigenvalue weighted by Gasteiger charge is -2.29. The van der Waals surface area contributed by atoms with Gasteiger partial charge in [-0.05, 0) is 134 Å². The van der Waals surface area contributed by atoms with Gasteiger partial charge in [-0.2, -0.15) is 0 Å². The van der Waals surface area contributed by atoms with Gasteiger partial charge in [0.25, 0.3) is 0 Å². The highest BCUT2D eigenvalue weighted by atomic mass is 15.2. The molecule has 2 nitrogen and oxygen atoms in total. The van der Waals surface area contributed by atoms with Crippen molar-refractivity contribution >= 4 is 58.4 Å².